The number of nitrogens with two attached hydrogens (primary N) is 2. The Morgan fingerprint density at radius 1 is 0.615 bits per heavy atom. The number of rotatable bonds is 28. The summed E-state index contributed by atoms with van der Waals surface area (Å²) in [6, 6.07) is 1.30. The van der Waals surface area contributed by atoms with Crippen molar-refractivity contribution < 1.29 is 22.1 Å². The predicted octanol–water partition coefficient (Wildman–Crippen LogP) is 6.28. The highest BCUT2D eigenvalue weighted by Crippen LogP contribution is 2.27. The molecule has 8 nitrogen and oxygen atoms in total. The van der Waals surface area contributed by atoms with Crippen LogP contribution in [0.25, 0.3) is 0 Å². The lowest BCUT2D eigenvalue weighted by molar-refractivity contribution is 0.122. The maximum Gasteiger partial charge on any atom is 0.502 e. The van der Waals surface area contributed by atoms with Crippen LogP contribution in [0.3, 0.4) is 0 Å². The first-order valence-corrected chi connectivity index (χ1v) is 20.0. The summed E-state index contributed by atoms with van der Waals surface area (Å²) in [5.41, 5.74) is 11.9. The molecule has 0 aromatic carbocycles. The summed E-state index contributed by atoms with van der Waals surface area (Å²) in [6.07, 6.45) is 21.9. The Kier molecular flexibility index (Phi) is 31.3. The minimum atomic E-state index is -2.70. The third-order valence-corrected chi connectivity index (χ3v) is 16.0. The quantitative estimate of drug-likeness (QED) is 0.0716. The van der Waals surface area contributed by atoms with Gasteiger partial charge in [0.05, 0.1) is 5.67 Å². The standard InChI is InChI=1S/C18H39N.C11H30N2O5Si2/c1-3-5-6-7-8-9-10-11-12-13-14-15-16-17-18(19)4-2;1-14-19(15-2,10-6-8-13-9-7-12)11-20(16-3,17-4)18-5/h18H,3-17,19H2,1-2H3;13H,6-12H2,1-5H3. The minimum absolute atomic E-state index is 0.452. The van der Waals surface area contributed by atoms with E-state index >= 15 is 0 Å². The van der Waals surface area contributed by atoms with Crippen LogP contribution in [0.1, 0.15) is 117 Å². The van der Waals surface area contributed by atoms with Crippen LogP contribution in [-0.2, 0) is 22.1 Å². The van der Waals surface area contributed by atoms with Gasteiger partial charge in [0.15, 0.2) is 0 Å². The molecular weight excluding hydrogens is 527 g/mol. The molecule has 0 bridgehead atoms. The van der Waals surface area contributed by atoms with Gasteiger partial charge in [-0.3, -0.25) is 0 Å². The Hall–Kier alpha value is 0.114. The van der Waals surface area contributed by atoms with Gasteiger partial charge in [-0.05, 0) is 31.9 Å². The van der Waals surface area contributed by atoms with Crippen molar-refractivity contribution >= 4 is 17.4 Å². The molecule has 0 saturated heterocycles. The molecule has 0 aliphatic rings. The molecular formula is C29H69N3O5Si2. The smallest absolute Gasteiger partial charge is 0.398 e. The fraction of sp³-hybridized carbons (Fsp3) is 1.00. The molecule has 0 radical (unpaired) electrons. The fourth-order valence-corrected chi connectivity index (χ4v) is 12.7. The summed E-state index contributed by atoms with van der Waals surface area (Å²) in [5, 5.41) is 3.26. The van der Waals surface area contributed by atoms with Crippen molar-refractivity contribution in [2.75, 3.05) is 55.2 Å². The van der Waals surface area contributed by atoms with E-state index < -0.39 is 17.4 Å². The first-order valence-electron chi connectivity index (χ1n) is 15.8. The maximum atomic E-state index is 5.91. The summed E-state index contributed by atoms with van der Waals surface area (Å²) in [6.45, 7) is 6.83. The predicted molar refractivity (Wildman–Crippen MR) is 171 cm³/mol. The highest BCUT2D eigenvalue weighted by molar-refractivity contribution is 6.83. The topological polar surface area (TPSA) is 110 Å². The van der Waals surface area contributed by atoms with Gasteiger partial charge in [0.25, 0.3) is 0 Å². The SMILES string of the molecule is CCCCCCCCCCCCCCCC(N)CC.CO[Si](CCCNCCN)(C[Si](OC)(OC)OC)OC. The van der Waals surface area contributed by atoms with E-state index in [4.69, 9.17) is 33.6 Å². The van der Waals surface area contributed by atoms with Crippen LogP contribution >= 0.6 is 0 Å². The zero-order valence-corrected chi connectivity index (χ0v) is 29.1. The molecule has 0 rings (SSSR count). The average Bonchev–Trinajstić information content (AvgIpc) is 2.97. The van der Waals surface area contributed by atoms with E-state index in [1.54, 1.807) is 35.5 Å². The van der Waals surface area contributed by atoms with Crippen LogP contribution < -0.4 is 16.8 Å². The zero-order chi connectivity index (χ0) is 29.7. The molecule has 0 amide bonds. The third-order valence-electron chi connectivity index (χ3n) is 7.60. The second-order valence-corrected chi connectivity index (χ2v) is 17.8. The molecule has 0 aliphatic heterocycles. The van der Waals surface area contributed by atoms with Gasteiger partial charge in [-0.2, -0.15) is 0 Å². The Morgan fingerprint density at radius 3 is 1.46 bits per heavy atom. The van der Waals surface area contributed by atoms with E-state index in [9.17, 15) is 0 Å². The largest absolute Gasteiger partial charge is 0.502 e. The lowest BCUT2D eigenvalue weighted by Crippen LogP contribution is -2.54. The molecule has 0 spiro atoms. The highest BCUT2D eigenvalue weighted by atomic mass is 28.4. The molecule has 0 aromatic heterocycles. The van der Waals surface area contributed by atoms with Crippen molar-refractivity contribution in [3.63, 3.8) is 0 Å². The summed E-state index contributed by atoms with van der Waals surface area (Å²) >= 11 is 0. The Bertz CT molecular complexity index is 480. The summed E-state index contributed by atoms with van der Waals surface area (Å²) in [7, 11) is 3.09. The lowest BCUT2D eigenvalue weighted by atomic mass is 10.0. The minimum Gasteiger partial charge on any atom is -0.398 e. The first kappa shape index (κ1) is 41.2. The number of nitrogens with one attached hydrogen (secondary N) is 1. The van der Waals surface area contributed by atoms with E-state index in [-0.39, 0.29) is 0 Å². The van der Waals surface area contributed by atoms with Crippen molar-refractivity contribution in [2.45, 2.75) is 134 Å². The van der Waals surface area contributed by atoms with E-state index in [0.29, 0.717) is 18.3 Å². The van der Waals surface area contributed by atoms with Crippen LogP contribution in [0.4, 0.5) is 0 Å². The van der Waals surface area contributed by atoms with Crippen molar-refractivity contribution in [1.29, 1.82) is 0 Å². The van der Waals surface area contributed by atoms with Gasteiger partial charge in [-0.1, -0.05) is 97.3 Å². The second kappa shape index (κ2) is 29.6. The van der Waals surface area contributed by atoms with Crippen molar-refractivity contribution in [2.24, 2.45) is 11.5 Å². The first-order chi connectivity index (χ1) is 18.9. The number of unbranched alkanes of at least 4 members (excludes halogenated alkanes) is 12. The number of hydrogen-bond acceptors (Lipinski definition) is 8. The van der Waals surface area contributed by atoms with E-state index in [0.717, 1.165) is 32.0 Å². The van der Waals surface area contributed by atoms with Gasteiger partial charge in [0.2, 0.25) is 0 Å². The normalized spacial score (nSPS) is 12.8. The van der Waals surface area contributed by atoms with Crippen LogP contribution in [-0.4, -0.2) is 78.6 Å². The van der Waals surface area contributed by atoms with Crippen molar-refractivity contribution in [1.82, 2.24) is 5.32 Å². The monoisotopic (exact) mass is 595 g/mol. The molecule has 238 valence electrons. The third kappa shape index (κ3) is 23.4. The molecule has 39 heavy (non-hydrogen) atoms. The lowest BCUT2D eigenvalue weighted by Gasteiger charge is -2.34. The highest BCUT2D eigenvalue weighted by Gasteiger charge is 2.51. The molecule has 0 saturated carbocycles. The molecule has 0 heterocycles. The molecule has 5 N–H and O–H groups in total. The van der Waals surface area contributed by atoms with Gasteiger partial charge >= 0.3 is 17.4 Å². The van der Waals surface area contributed by atoms with E-state index in [2.05, 4.69) is 19.2 Å². The van der Waals surface area contributed by atoms with Crippen LogP contribution in [0.5, 0.6) is 0 Å². The van der Waals surface area contributed by atoms with Gasteiger partial charge < -0.3 is 38.9 Å². The Balaban J connectivity index is 0. The van der Waals surface area contributed by atoms with Gasteiger partial charge in [-0.25, -0.2) is 0 Å². The summed E-state index contributed by atoms with van der Waals surface area (Å²) < 4.78 is 27.9. The van der Waals surface area contributed by atoms with Gasteiger partial charge in [0, 0.05) is 54.7 Å². The second-order valence-electron chi connectivity index (χ2n) is 10.6. The molecule has 0 fully saturated rings. The Labute approximate surface area is 245 Å². The zero-order valence-electron chi connectivity index (χ0n) is 27.1. The number of hydrogen-bond donors (Lipinski definition) is 3. The summed E-state index contributed by atoms with van der Waals surface area (Å²) in [4.78, 5) is 0. The summed E-state index contributed by atoms with van der Waals surface area (Å²) in [5.74, 6) is 0. The van der Waals surface area contributed by atoms with Crippen molar-refractivity contribution in [3.8, 4) is 0 Å². The van der Waals surface area contributed by atoms with Crippen LogP contribution in [0.2, 0.25) is 11.7 Å². The van der Waals surface area contributed by atoms with Gasteiger partial charge in [0.1, 0.15) is 0 Å². The maximum absolute atomic E-state index is 5.91. The molecule has 10 heteroatoms. The van der Waals surface area contributed by atoms with Crippen molar-refractivity contribution in [3.05, 3.63) is 0 Å². The van der Waals surface area contributed by atoms with E-state index in [1.807, 2.05) is 0 Å². The molecule has 1 atom stereocenters. The van der Waals surface area contributed by atoms with Gasteiger partial charge in [-0.15, -0.1) is 0 Å². The van der Waals surface area contributed by atoms with E-state index in [1.165, 1.54) is 89.9 Å². The molecule has 1 unspecified atom stereocenters. The average molecular weight is 596 g/mol. The Morgan fingerprint density at radius 2 is 1.08 bits per heavy atom. The molecule has 0 aliphatic carbocycles. The van der Waals surface area contributed by atoms with Crippen LogP contribution in [0.15, 0.2) is 0 Å². The fourth-order valence-electron chi connectivity index (χ4n) is 4.65. The van der Waals surface area contributed by atoms with Crippen LogP contribution in [0, 0.1) is 0 Å². The molecule has 0 aromatic rings.